The second kappa shape index (κ2) is 11.7. The van der Waals surface area contributed by atoms with E-state index in [1.807, 2.05) is 0 Å². The molecule has 10 heteroatoms. The van der Waals surface area contributed by atoms with Crippen LogP contribution in [0.5, 0.6) is 17.2 Å². The molecule has 0 bridgehead atoms. The number of sulfonamides is 1. The molecule has 0 saturated heterocycles. The molecule has 1 N–H and O–H groups in total. The first-order chi connectivity index (χ1) is 17.8. The molecule has 0 unspecified atom stereocenters. The molecule has 7 nitrogen and oxygen atoms in total. The van der Waals surface area contributed by atoms with E-state index in [1.165, 1.54) is 25.3 Å². The number of rotatable bonds is 9. The summed E-state index contributed by atoms with van der Waals surface area (Å²) in [5, 5.41) is 3.10. The minimum absolute atomic E-state index is 0.0609. The third-order valence-corrected chi connectivity index (χ3v) is 7.74. The van der Waals surface area contributed by atoms with Gasteiger partial charge in [-0.2, -0.15) is 0 Å². The molecule has 4 rings (SSSR count). The maximum atomic E-state index is 13.5. The summed E-state index contributed by atoms with van der Waals surface area (Å²) in [5.74, 6) is 0.656. The number of amides is 1. The van der Waals surface area contributed by atoms with Crippen LogP contribution in [0.4, 0.5) is 11.4 Å². The lowest BCUT2D eigenvalue weighted by Crippen LogP contribution is -2.38. The first-order valence-corrected chi connectivity index (χ1v) is 13.6. The van der Waals surface area contributed by atoms with Crippen LogP contribution in [0.2, 0.25) is 5.02 Å². The molecular weight excluding hydrogens is 580 g/mol. The van der Waals surface area contributed by atoms with E-state index in [9.17, 15) is 13.2 Å². The van der Waals surface area contributed by atoms with Gasteiger partial charge in [0, 0.05) is 9.50 Å². The summed E-state index contributed by atoms with van der Waals surface area (Å²) < 4.78 is 40.1. The number of halogens is 2. The van der Waals surface area contributed by atoms with Crippen LogP contribution in [0.1, 0.15) is 0 Å². The minimum atomic E-state index is -4.06. The van der Waals surface area contributed by atoms with Crippen molar-refractivity contribution < 1.29 is 22.7 Å². The van der Waals surface area contributed by atoms with Crippen molar-refractivity contribution in [2.45, 2.75) is 4.90 Å². The molecule has 0 aliphatic heterocycles. The van der Waals surface area contributed by atoms with E-state index in [0.717, 1.165) is 4.31 Å². The zero-order valence-electron chi connectivity index (χ0n) is 19.6. The monoisotopic (exact) mass is 600 g/mol. The van der Waals surface area contributed by atoms with Gasteiger partial charge in [-0.05, 0) is 60.7 Å². The van der Waals surface area contributed by atoms with Gasteiger partial charge in [-0.15, -0.1) is 0 Å². The molecule has 0 radical (unpaired) electrons. The molecule has 4 aromatic rings. The van der Waals surface area contributed by atoms with Crippen LogP contribution in [-0.2, 0) is 14.8 Å². The number of nitrogens with zero attached hydrogens (tertiary/aromatic N) is 1. The highest BCUT2D eigenvalue weighted by Crippen LogP contribution is 2.36. The lowest BCUT2D eigenvalue weighted by atomic mass is 10.2. The van der Waals surface area contributed by atoms with E-state index >= 15 is 0 Å². The summed E-state index contributed by atoms with van der Waals surface area (Å²) in [5.41, 5.74) is 0.597. The van der Waals surface area contributed by atoms with Crippen molar-refractivity contribution in [3.05, 3.63) is 107 Å². The summed E-state index contributed by atoms with van der Waals surface area (Å²) in [4.78, 5) is 13.3. The Kier molecular flexibility index (Phi) is 8.38. The molecule has 0 spiro atoms. The fraction of sp³-hybridized carbons (Fsp3) is 0.0741. The van der Waals surface area contributed by atoms with Crippen LogP contribution in [0.25, 0.3) is 0 Å². The number of methoxy groups -OCH3 is 1. The third kappa shape index (κ3) is 6.43. The molecule has 4 aromatic carbocycles. The molecule has 0 atom stereocenters. The molecule has 0 aliphatic rings. The summed E-state index contributed by atoms with van der Waals surface area (Å²) >= 11 is 9.56. The minimum Gasteiger partial charge on any atom is -0.493 e. The van der Waals surface area contributed by atoms with Gasteiger partial charge in [-0.3, -0.25) is 9.10 Å². The third-order valence-electron chi connectivity index (χ3n) is 5.22. The number of hydrogen-bond donors (Lipinski definition) is 1. The zero-order chi connectivity index (χ0) is 26.4. The Morgan fingerprint density at radius 3 is 2.30 bits per heavy atom. The summed E-state index contributed by atoms with van der Waals surface area (Å²) in [6.07, 6.45) is 0. The van der Waals surface area contributed by atoms with Crippen molar-refractivity contribution in [1.29, 1.82) is 0 Å². The predicted octanol–water partition coefficient (Wildman–Crippen LogP) is 6.74. The molecule has 190 valence electrons. The maximum absolute atomic E-state index is 13.5. The largest absolute Gasteiger partial charge is 0.493 e. The van der Waals surface area contributed by atoms with E-state index in [0.29, 0.717) is 32.4 Å². The SMILES string of the molecule is COc1ccccc1Oc1ccc(Cl)cc1NC(=O)CN(c1cccc(Br)c1)S(=O)(=O)c1ccccc1. The molecule has 37 heavy (non-hydrogen) atoms. The Hall–Kier alpha value is -3.53. The van der Waals surface area contributed by atoms with Crippen LogP contribution in [-0.4, -0.2) is 28.0 Å². The van der Waals surface area contributed by atoms with Gasteiger partial charge in [-0.25, -0.2) is 8.42 Å². The number of para-hydroxylation sites is 2. The average molecular weight is 602 g/mol. The average Bonchev–Trinajstić information content (AvgIpc) is 2.89. The van der Waals surface area contributed by atoms with Gasteiger partial charge < -0.3 is 14.8 Å². The summed E-state index contributed by atoms with van der Waals surface area (Å²) in [7, 11) is -2.53. The van der Waals surface area contributed by atoms with E-state index in [2.05, 4.69) is 21.2 Å². The smallest absolute Gasteiger partial charge is 0.264 e. The lowest BCUT2D eigenvalue weighted by Gasteiger charge is -2.24. The highest BCUT2D eigenvalue weighted by molar-refractivity contribution is 9.10. The molecule has 0 saturated carbocycles. The van der Waals surface area contributed by atoms with Crippen molar-refractivity contribution in [3.8, 4) is 17.2 Å². The normalized spacial score (nSPS) is 11.0. The van der Waals surface area contributed by atoms with Crippen LogP contribution < -0.4 is 19.1 Å². The predicted molar refractivity (Wildman–Crippen MR) is 148 cm³/mol. The Balaban J connectivity index is 1.65. The van der Waals surface area contributed by atoms with Gasteiger partial charge >= 0.3 is 0 Å². The molecule has 0 aromatic heterocycles. The first kappa shape index (κ1) is 26.5. The van der Waals surface area contributed by atoms with Crippen molar-refractivity contribution in [3.63, 3.8) is 0 Å². The van der Waals surface area contributed by atoms with Crippen LogP contribution in [0, 0.1) is 0 Å². The van der Waals surface area contributed by atoms with Gasteiger partial charge in [0.2, 0.25) is 5.91 Å². The van der Waals surface area contributed by atoms with E-state index in [-0.39, 0.29) is 10.6 Å². The highest BCUT2D eigenvalue weighted by Gasteiger charge is 2.27. The van der Waals surface area contributed by atoms with Crippen molar-refractivity contribution in [2.75, 3.05) is 23.3 Å². The topological polar surface area (TPSA) is 84.9 Å². The molecular formula is C27H22BrClN2O5S. The van der Waals surface area contributed by atoms with E-state index < -0.39 is 22.5 Å². The quantitative estimate of drug-likeness (QED) is 0.230. The summed E-state index contributed by atoms with van der Waals surface area (Å²) in [6, 6.07) is 26.5. The Bertz CT molecular complexity index is 1520. The van der Waals surface area contributed by atoms with Gasteiger partial charge in [0.1, 0.15) is 6.54 Å². The first-order valence-electron chi connectivity index (χ1n) is 11.0. The van der Waals surface area contributed by atoms with Gasteiger partial charge in [0.25, 0.3) is 10.0 Å². The number of carbonyl (C=O) groups excluding carboxylic acids is 1. The summed E-state index contributed by atoms with van der Waals surface area (Å²) in [6.45, 7) is -0.492. The Morgan fingerprint density at radius 1 is 0.892 bits per heavy atom. The number of hydrogen-bond acceptors (Lipinski definition) is 5. The second-order valence-electron chi connectivity index (χ2n) is 7.75. The molecule has 0 heterocycles. The van der Waals surface area contributed by atoms with E-state index in [4.69, 9.17) is 21.1 Å². The van der Waals surface area contributed by atoms with Gasteiger partial charge in [0.15, 0.2) is 17.2 Å². The van der Waals surface area contributed by atoms with Crippen molar-refractivity contribution >= 4 is 54.8 Å². The fourth-order valence-corrected chi connectivity index (χ4v) is 5.49. The van der Waals surface area contributed by atoms with E-state index in [1.54, 1.807) is 78.9 Å². The Morgan fingerprint density at radius 2 is 1.59 bits per heavy atom. The van der Waals surface area contributed by atoms with Crippen LogP contribution >= 0.6 is 27.5 Å². The van der Waals surface area contributed by atoms with Crippen LogP contribution in [0.3, 0.4) is 0 Å². The maximum Gasteiger partial charge on any atom is 0.264 e. The molecule has 0 fully saturated rings. The van der Waals surface area contributed by atoms with Crippen molar-refractivity contribution in [2.24, 2.45) is 0 Å². The number of benzene rings is 4. The van der Waals surface area contributed by atoms with Crippen molar-refractivity contribution in [1.82, 2.24) is 0 Å². The second-order valence-corrected chi connectivity index (χ2v) is 11.0. The van der Waals surface area contributed by atoms with Gasteiger partial charge in [-0.1, -0.05) is 63.9 Å². The lowest BCUT2D eigenvalue weighted by molar-refractivity contribution is -0.114. The number of nitrogens with one attached hydrogen (secondary N) is 1. The fourth-order valence-electron chi connectivity index (χ4n) is 3.50. The number of anilines is 2. The standard InChI is InChI=1S/C27H22BrClN2O5S/c1-35-25-12-5-6-13-26(25)36-24-15-14-20(29)17-23(24)30-27(32)18-31(21-9-7-8-19(28)16-21)37(33,34)22-10-3-2-4-11-22/h2-17H,18H2,1H3,(H,30,32). The van der Waals surface area contributed by atoms with Gasteiger partial charge in [0.05, 0.1) is 23.4 Å². The zero-order valence-corrected chi connectivity index (χ0v) is 22.8. The van der Waals surface area contributed by atoms with Crippen LogP contribution in [0.15, 0.2) is 106 Å². The molecule has 0 aliphatic carbocycles. The highest BCUT2D eigenvalue weighted by atomic mass is 79.9. The molecule has 1 amide bonds. The number of carbonyl (C=O) groups is 1. The Labute approximate surface area is 228 Å². The number of ether oxygens (including phenoxy) is 2.